The number of nitrogens with one attached hydrogen (secondary N) is 1. The van der Waals surface area contributed by atoms with Gasteiger partial charge in [-0.15, -0.1) is 0 Å². The second kappa shape index (κ2) is 9.00. The molecule has 26 heavy (non-hydrogen) atoms. The van der Waals surface area contributed by atoms with Crippen molar-refractivity contribution < 1.29 is 21.8 Å². The van der Waals surface area contributed by atoms with Gasteiger partial charge in [0.15, 0.2) is 12.4 Å². The highest BCUT2D eigenvalue weighted by molar-refractivity contribution is 6.07. The molecule has 3 nitrogen and oxygen atoms in total. The van der Waals surface area contributed by atoms with Gasteiger partial charge in [-0.25, -0.2) is 0 Å². The van der Waals surface area contributed by atoms with Crippen molar-refractivity contribution in [2.45, 2.75) is 52.5 Å². The van der Waals surface area contributed by atoms with E-state index in [0.29, 0.717) is 12.5 Å². The Hall–Kier alpha value is -2.13. The fourth-order valence-corrected chi connectivity index (χ4v) is 3.60. The summed E-state index contributed by atoms with van der Waals surface area (Å²) in [4.78, 5) is 16.1. The van der Waals surface area contributed by atoms with Crippen LogP contribution in [0.4, 0.5) is 0 Å². The Labute approximate surface area is 161 Å². The van der Waals surface area contributed by atoms with Crippen molar-refractivity contribution in [1.82, 2.24) is 4.98 Å². The van der Waals surface area contributed by atoms with E-state index in [1.54, 1.807) is 0 Å². The van der Waals surface area contributed by atoms with Crippen LogP contribution >= 0.6 is 0 Å². The number of H-pyrrole nitrogens is 1. The van der Waals surface area contributed by atoms with Gasteiger partial charge in [0.25, 0.3) is 0 Å². The summed E-state index contributed by atoms with van der Waals surface area (Å²) in [5, 5.41) is 1.03. The van der Waals surface area contributed by atoms with Gasteiger partial charge in [0.1, 0.15) is 0 Å². The molecular formula is C22H27ClN2O. The molecule has 3 aromatic rings. The summed E-state index contributed by atoms with van der Waals surface area (Å²) >= 11 is 0. The van der Waals surface area contributed by atoms with Crippen molar-refractivity contribution in [3.8, 4) is 0 Å². The Morgan fingerprint density at radius 1 is 1.08 bits per heavy atom. The van der Waals surface area contributed by atoms with Crippen LogP contribution in [-0.4, -0.2) is 10.8 Å². The summed E-state index contributed by atoms with van der Waals surface area (Å²) in [7, 11) is 0. The van der Waals surface area contributed by atoms with Crippen molar-refractivity contribution in [3.05, 3.63) is 65.6 Å². The number of nitrogens with zero attached hydrogens (tertiary/aromatic N) is 1. The number of aryl methyl sites for hydroxylation is 1. The maximum absolute atomic E-state index is 12.8. The molecule has 0 saturated heterocycles. The molecule has 1 N–H and O–H groups in total. The number of halogens is 1. The Morgan fingerprint density at radius 2 is 1.77 bits per heavy atom. The molecule has 1 aromatic carbocycles. The first kappa shape index (κ1) is 20.2. The maximum atomic E-state index is 12.8. The summed E-state index contributed by atoms with van der Waals surface area (Å²) in [5.74, 6) is 0.742. The van der Waals surface area contributed by atoms with Crippen LogP contribution in [0.2, 0.25) is 0 Å². The average molecular weight is 371 g/mol. The first-order valence-corrected chi connectivity index (χ1v) is 9.29. The number of Topliss-reactive ketones (excluding diaryl/α,β-unsaturated/α-hetero) is 1. The third-order valence-corrected chi connectivity index (χ3v) is 5.18. The number of rotatable bonds is 7. The van der Waals surface area contributed by atoms with E-state index in [0.717, 1.165) is 35.7 Å². The van der Waals surface area contributed by atoms with Crippen LogP contribution in [-0.2, 0) is 13.0 Å². The standard InChI is InChI=1S/C22H26N2O.ClH/c1-4-16(5-2)18-10-12-24(13-11-18)15-21(25)20-14-23-22-17(6-3)8-7-9-19(20)22;/h7-14,16H,4-6,15H2,1-3H3;1H. The SMILES string of the molecule is CCc1cccc2c(C(=O)C[n+]3ccc(C(CC)CC)cc3)c[nH]c12.[Cl-]. The molecule has 2 heterocycles. The van der Waals surface area contributed by atoms with Crippen LogP contribution < -0.4 is 17.0 Å². The molecule has 0 unspecified atom stereocenters. The van der Waals surface area contributed by atoms with Crippen LogP contribution in [0.25, 0.3) is 10.9 Å². The molecule has 0 bridgehead atoms. The molecule has 0 aliphatic rings. The third-order valence-electron chi connectivity index (χ3n) is 5.18. The Morgan fingerprint density at radius 3 is 2.38 bits per heavy atom. The van der Waals surface area contributed by atoms with Gasteiger partial charge >= 0.3 is 0 Å². The largest absolute Gasteiger partial charge is 1.00 e. The zero-order valence-electron chi connectivity index (χ0n) is 15.8. The smallest absolute Gasteiger partial charge is 0.229 e. The Balaban J connectivity index is 0.00000243. The topological polar surface area (TPSA) is 36.7 Å². The lowest BCUT2D eigenvalue weighted by Crippen LogP contribution is -3.00. The number of aromatic nitrogens is 2. The van der Waals surface area contributed by atoms with Crippen molar-refractivity contribution in [3.63, 3.8) is 0 Å². The van der Waals surface area contributed by atoms with Crippen molar-refractivity contribution >= 4 is 16.7 Å². The van der Waals surface area contributed by atoms with E-state index >= 15 is 0 Å². The molecule has 0 saturated carbocycles. The average Bonchev–Trinajstić information content (AvgIpc) is 3.08. The van der Waals surface area contributed by atoms with E-state index in [2.05, 4.69) is 44.0 Å². The van der Waals surface area contributed by atoms with Crippen molar-refractivity contribution in [2.24, 2.45) is 0 Å². The number of carbonyl (C=O) groups excluding carboxylic acids is 1. The molecule has 0 radical (unpaired) electrons. The van der Waals surface area contributed by atoms with Crippen molar-refractivity contribution in [1.29, 1.82) is 0 Å². The van der Waals surface area contributed by atoms with Crippen molar-refractivity contribution in [2.75, 3.05) is 0 Å². The zero-order chi connectivity index (χ0) is 17.8. The molecule has 2 aromatic heterocycles. The van der Waals surface area contributed by atoms with Crippen LogP contribution in [0.1, 0.15) is 61.0 Å². The van der Waals surface area contributed by atoms with Gasteiger partial charge in [0, 0.05) is 34.8 Å². The highest BCUT2D eigenvalue weighted by Gasteiger charge is 2.18. The van der Waals surface area contributed by atoms with E-state index < -0.39 is 0 Å². The van der Waals surface area contributed by atoms with Gasteiger partial charge in [0.05, 0.1) is 0 Å². The first-order chi connectivity index (χ1) is 12.2. The zero-order valence-corrected chi connectivity index (χ0v) is 16.5. The monoisotopic (exact) mass is 370 g/mol. The van der Waals surface area contributed by atoms with E-state index in [9.17, 15) is 4.79 Å². The minimum atomic E-state index is 0. The number of pyridine rings is 1. The number of carbonyl (C=O) groups is 1. The highest BCUT2D eigenvalue weighted by atomic mass is 35.5. The van der Waals surface area contributed by atoms with Crippen LogP contribution in [0.5, 0.6) is 0 Å². The number of hydrogen-bond donors (Lipinski definition) is 1. The van der Waals surface area contributed by atoms with Gasteiger partial charge in [0.2, 0.25) is 12.3 Å². The van der Waals surface area contributed by atoms with Gasteiger partial charge in [-0.05, 0) is 36.3 Å². The molecule has 0 amide bonds. The minimum Gasteiger partial charge on any atom is -1.00 e. The van der Waals surface area contributed by atoms with Gasteiger partial charge < -0.3 is 17.4 Å². The lowest BCUT2D eigenvalue weighted by Gasteiger charge is -2.11. The minimum absolute atomic E-state index is 0. The van der Waals surface area contributed by atoms with E-state index in [1.807, 2.05) is 35.3 Å². The Bertz CT molecular complexity index is 863. The second-order valence-corrected chi connectivity index (χ2v) is 6.64. The molecule has 0 aliphatic heterocycles. The Kier molecular flexibility index (Phi) is 6.98. The number of fused-ring (bicyclic) bond motifs is 1. The maximum Gasteiger partial charge on any atom is 0.229 e. The number of benzene rings is 1. The number of para-hydroxylation sites is 1. The lowest BCUT2D eigenvalue weighted by molar-refractivity contribution is -0.683. The number of ketones is 1. The molecule has 3 rings (SSSR count). The van der Waals surface area contributed by atoms with E-state index in [4.69, 9.17) is 0 Å². The van der Waals surface area contributed by atoms with E-state index in [1.165, 1.54) is 11.1 Å². The molecular weight excluding hydrogens is 344 g/mol. The summed E-state index contributed by atoms with van der Waals surface area (Å²) in [5.41, 5.74) is 4.47. The van der Waals surface area contributed by atoms with Gasteiger partial charge in [-0.1, -0.05) is 39.0 Å². The molecule has 0 atom stereocenters. The second-order valence-electron chi connectivity index (χ2n) is 6.64. The molecule has 0 aliphatic carbocycles. The third kappa shape index (κ3) is 3.99. The summed E-state index contributed by atoms with van der Waals surface area (Å²) < 4.78 is 1.97. The van der Waals surface area contributed by atoms with Crippen LogP contribution in [0.3, 0.4) is 0 Å². The molecule has 0 spiro atoms. The van der Waals surface area contributed by atoms with Gasteiger partial charge in [-0.3, -0.25) is 4.79 Å². The normalized spacial score (nSPS) is 10.9. The summed E-state index contributed by atoms with van der Waals surface area (Å²) in [6, 6.07) is 10.5. The lowest BCUT2D eigenvalue weighted by atomic mass is 9.95. The quantitative estimate of drug-likeness (QED) is 0.500. The highest BCUT2D eigenvalue weighted by Crippen LogP contribution is 2.23. The summed E-state index contributed by atoms with van der Waals surface area (Å²) in [6.07, 6.45) is 9.15. The summed E-state index contributed by atoms with van der Waals surface area (Å²) in [6.45, 7) is 6.95. The molecule has 138 valence electrons. The van der Waals surface area contributed by atoms with Crippen LogP contribution in [0, 0.1) is 0 Å². The predicted octanol–water partition coefficient (Wildman–Crippen LogP) is 1.81. The number of hydrogen-bond acceptors (Lipinski definition) is 1. The fourth-order valence-electron chi connectivity index (χ4n) is 3.60. The number of aromatic amines is 1. The van der Waals surface area contributed by atoms with Crippen LogP contribution in [0.15, 0.2) is 48.9 Å². The molecule has 4 heteroatoms. The molecule has 0 fully saturated rings. The first-order valence-electron chi connectivity index (χ1n) is 9.29. The fraction of sp³-hybridized carbons (Fsp3) is 0.364. The van der Waals surface area contributed by atoms with Gasteiger partial charge in [-0.2, -0.15) is 4.57 Å². The predicted molar refractivity (Wildman–Crippen MR) is 102 cm³/mol. The van der Waals surface area contributed by atoms with E-state index in [-0.39, 0.29) is 18.2 Å².